The van der Waals surface area contributed by atoms with E-state index in [9.17, 15) is 13.2 Å². The lowest BCUT2D eigenvalue weighted by atomic mass is 10.2. The first-order valence-electron chi connectivity index (χ1n) is 5.77. The van der Waals surface area contributed by atoms with Crippen molar-refractivity contribution in [3.8, 4) is 11.6 Å². The second-order valence-corrected chi connectivity index (χ2v) is 4.02. The van der Waals surface area contributed by atoms with Crippen LogP contribution in [-0.2, 0) is 6.18 Å². The van der Waals surface area contributed by atoms with E-state index in [4.69, 9.17) is 4.74 Å². The Morgan fingerprint density at radius 3 is 2.55 bits per heavy atom. The molecular formula is C13H12F3N3O. The lowest BCUT2D eigenvalue weighted by molar-refractivity contribution is -0.137. The van der Waals surface area contributed by atoms with Crippen LogP contribution in [0.3, 0.4) is 0 Å². The van der Waals surface area contributed by atoms with Gasteiger partial charge in [0.25, 0.3) is 0 Å². The second-order valence-electron chi connectivity index (χ2n) is 4.02. The maximum Gasteiger partial charge on any atom is 0.416 e. The highest BCUT2D eigenvalue weighted by Gasteiger charge is 2.30. The van der Waals surface area contributed by atoms with Gasteiger partial charge in [-0.1, -0.05) is 6.07 Å². The Morgan fingerprint density at radius 2 is 1.90 bits per heavy atom. The molecule has 0 atom stereocenters. The van der Waals surface area contributed by atoms with E-state index in [1.54, 1.807) is 14.0 Å². The minimum atomic E-state index is -4.41. The Morgan fingerprint density at radius 1 is 1.15 bits per heavy atom. The van der Waals surface area contributed by atoms with E-state index in [1.165, 1.54) is 18.2 Å². The predicted octanol–water partition coefficient (Wildman–Crippen LogP) is 3.64. The molecule has 1 heterocycles. The lowest BCUT2D eigenvalue weighted by Crippen LogP contribution is -2.04. The molecule has 0 spiro atoms. The number of hydrogen-bond acceptors (Lipinski definition) is 4. The molecule has 20 heavy (non-hydrogen) atoms. The van der Waals surface area contributed by atoms with Gasteiger partial charge >= 0.3 is 6.18 Å². The number of aromatic nitrogens is 2. The first-order chi connectivity index (χ1) is 9.38. The number of aryl methyl sites for hydroxylation is 1. The molecule has 0 bridgehead atoms. The molecule has 0 fully saturated rings. The monoisotopic (exact) mass is 283 g/mol. The van der Waals surface area contributed by atoms with Crippen molar-refractivity contribution in [2.45, 2.75) is 13.1 Å². The van der Waals surface area contributed by atoms with Crippen LogP contribution in [0.2, 0.25) is 0 Å². The predicted molar refractivity (Wildman–Crippen MR) is 67.8 cm³/mol. The Balaban J connectivity index is 2.28. The average molecular weight is 283 g/mol. The lowest BCUT2D eigenvalue weighted by Gasteiger charge is -2.10. The molecule has 2 aromatic rings. The van der Waals surface area contributed by atoms with Gasteiger partial charge in [-0.05, 0) is 25.1 Å². The number of nitrogens with zero attached hydrogens (tertiary/aromatic N) is 2. The first kappa shape index (κ1) is 14.1. The fourth-order valence-electron chi connectivity index (χ4n) is 1.58. The molecule has 7 heteroatoms. The van der Waals surface area contributed by atoms with Crippen LogP contribution in [0.5, 0.6) is 11.6 Å². The molecular weight excluding hydrogens is 271 g/mol. The Hall–Kier alpha value is -2.31. The van der Waals surface area contributed by atoms with E-state index < -0.39 is 11.7 Å². The molecule has 0 aliphatic rings. The third kappa shape index (κ3) is 3.37. The number of rotatable bonds is 3. The summed E-state index contributed by atoms with van der Waals surface area (Å²) < 4.78 is 43.1. The Labute approximate surface area is 113 Å². The largest absolute Gasteiger partial charge is 0.439 e. The highest BCUT2D eigenvalue weighted by atomic mass is 19.4. The van der Waals surface area contributed by atoms with Crippen LogP contribution >= 0.6 is 0 Å². The zero-order valence-corrected chi connectivity index (χ0v) is 10.8. The van der Waals surface area contributed by atoms with Crippen molar-refractivity contribution in [2.75, 3.05) is 12.4 Å². The standard InChI is InChI=1S/C13H12F3N3O/c1-8-18-11(17-2)7-12(19-8)20-10-5-3-4-9(6-10)13(14,15)16/h3-7H,1-2H3,(H,17,18,19). The molecule has 1 N–H and O–H groups in total. The number of ether oxygens (including phenoxy) is 1. The summed E-state index contributed by atoms with van der Waals surface area (Å²) in [4.78, 5) is 8.08. The molecule has 0 saturated heterocycles. The quantitative estimate of drug-likeness (QED) is 0.934. The van der Waals surface area contributed by atoms with Crippen LogP contribution in [0, 0.1) is 6.92 Å². The van der Waals surface area contributed by atoms with E-state index in [0.29, 0.717) is 11.6 Å². The summed E-state index contributed by atoms with van der Waals surface area (Å²) in [6.45, 7) is 1.67. The van der Waals surface area contributed by atoms with Gasteiger partial charge in [-0.15, -0.1) is 0 Å². The SMILES string of the molecule is CNc1cc(Oc2cccc(C(F)(F)F)c2)nc(C)n1. The number of alkyl halides is 3. The normalized spacial score (nSPS) is 11.2. The van der Waals surface area contributed by atoms with Crippen LogP contribution < -0.4 is 10.1 Å². The van der Waals surface area contributed by atoms with Gasteiger partial charge in [-0.2, -0.15) is 18.2 Å². The summed E-state index contributed by atoms with van der Waals surface area (Å²) in [5.74, 6) is 1.24. The van der Waals surface area contributed by atoms with Gasteiger partial charge < -0.3 is 10.1 Å². The molecule has 1 aromatic carbocycles. The third-order valence-corrected chi connectivity index (χ3v) is 2.45. The molecule has 0 aliphatic heterocycles. The second kappa shape index (κ2) is 5.36. The van der Waals surface area contributed by atoms with E-state index in [2.05, 4.69) is 15.3 Å². The van der Waals surface area contributed by atoms with Gasteiger partial charge in [0, 0.05) is 13.1 Å². The molecule has 0 amide bonds. The maximum absolute atomic E-state index is 12.6. The summed E-state index contributed by atoms with van der Waals surface area (Å²) in [5.41, 5.74) is -0.769. The summed E-state index contributed by atoms with van der Waals surface area (Å²) >= 11 is 0. The Bertz CT molecular complexity index is 614. The number of anilines is 1. The zero-order valence-electron chi connectivity index (χ0n) is 10.8. The first-order valence-corrected chi connectivity index (χ1v) is 5.77. The van der Waals surface area contributed by atoms with Crippen molar-refractivity contribution in [1.29, 1.82) is 0 Å². The van der Waals surface area contributed by atoms with Crippen molar-refractivity contribution in [1.82, 2.24) is 9.97 Å². The van der Waals surface area contributed by atoms with Crippen molar-refractivity contribution in [2.24, 2.45) is 0 Å². The summed E-state index contributed by atoms with van der Waals surface area (Å²) in [6, 6.07) is 6.14. The van der Waals surface area contributed by atoms with Crippen LogP contribution in [0.25, 0.3) is 0 Å². The minimum absolute atomic E-state index is 0.0694. The Kier molecular flexibility index (Phi) is 3.78. The maximum atomic E-state index is 12.6. The van der Waals surface area contributed by atoms with Gasteiger partial charge in [-0.3, -0.25) is 0 Å². The van der Waals surface area contributed by atoms with Gasteiger partial charge in [0.15, 0.2) is 0 Å². The molecule has 0 unspecified atom stereocenters. The van der Waals surface area contributed by atoms with Gasteiger partial charge in [-0.25, -0.2) is 4.98 Å². The van der Waals surface area contributed by atoms with Crippen LogP contribution in [0.15, 0.2) is 30.3 Å². The summed E-state index contributed by atoms with van der Waals surface area (Å²) in [6.07, 6.45) is -4.41. The van der Waals surface area contributed by atoms with E-state index in [-0.39, 0.29) is 11.6 Å². The molecule has 4 nitrogen and oxygen atoms in total. The topological polar surface area (TPSA) is 47.0 Å². The summed E-state index contributed by atoms with van der Waals surface area (Å²) in [5, 5.41) is 2.82. The van der Waals surface area contributed by atoms with E-state index in [1.807, 2.05) is 0 Å². The van der Waals surface area contributed by atoms with Gasteiger partial charge in [0.1, 0.15) is 17.4 Å². The van der Waals surface area contributed by atoms with E-state index in [0.717, 1.165) is 12.1 Å². The van der Waals surface area contributed by atoms with E-state index >= 15 is 0 Å². The number of benzene rings is 1. The molecule has 106 valence electrons. The van der Waals surface area contributed by atoms with Crippen molar-refractivity contribution < 1.29 is 17.9 Å². The molecule has 2 rings (SSSR count). The van der Waals surface area contributed by atoms with Crippen LogP contribution in [0.4, 0.5) is 19.0 Å². The van der Waals surface area contributed by atoms with Crippen molar-refractivity contribution in [3.05, 3.63) is 41.7 Å². The van der Waals surface area contributed by atoms with Crippen LogP contribution in [-0.4, -0.2) is 17.0 Å². The zero-order chi connectivity index (χ0) is 14.8. The third-order valence-electron chi connectivity index (χ3n) is 2.45. The number of nitrogens with one attached hydrogen (secondary N) is 1. The molecule has 1 aromatic heterocycles. The highest BCUT2D eigenvalue weighted by molar-refractivity contribution is 5.40. The number of halogens is 3. The fraction of sp³-hybridized carbons (Fsp3) is 0.231. The van der Waals surface area contributed by atoms with Crippen molar-refractivity contribution >= 4 is 5.82 Å². The fourth-order valence-corrected chi connectivity index (χ4v) is 1.58. The minimum Gasteiger partial charge on any atom is -0.439 e. The van der Waals surface area contributed by atoms with Gasteiger partial charge in [0.05, 0.1) is 5.56 Å². The smallest absolute Gasteiger partial charge is 0.416 e. The number of hydrogen-bond donors (Lipinski definition) is 1. The summed E-state index contributed by atoms with van der Waals surface area (Å²) in [7, 11) is 1.68. The highest BCUT2D eigenvalue weighted by Crippen LogP contribution is 2.32. The van der Waals surface area contributed by atoms with Crippen molar-refractivity contribution in [3.63, 3.8) is 0 Å². The molecule has 0 radical (unpaired) electrons. The average Bonchev–Trinajstić information content (AvgIpc) is 2.37. The van der Waals surface area contributed by atoms with Crippen LogP contribution in [0.1, 0.15) is 11.4 Å². The van der Waals surface area contributed by atoms with Gasteiger partial charge in [0.2, 0.25) is 5.88 Å². The molecule has 0 aliphatic carbocycles. The molecule has 0 saturated carbocycles.